The van der Waals surface area contributed by atoms with Gasteiger partial charge in [-0.25, -0.2) is 4.98 Å². The van der Waals surface area contributed by atoms with E-state index < -0.39 is 0 Å². The molecule has 0 unspecified atom stereocenters. The largest absolute Gasteiger partial charge is 0.246 e. The summed E-state index contributed by atoms with van der Waals surface area (Å²) >= 11 is 0. The van der Waals surface area contributed by atoms with E-state index in [0.29, 0.717) is 5.57 Å². The summed E-state index contributed by atoms with van der Waals surface area (Å²) in [6.07, 6.45) is 3.69. The third-order valence-electron chi connectivity index (χ3n) is 8.59. The van der Waals surface area contributed by atoms with Crippen molar-refractivity contribution >= 4 is 48.9 Å². The van der Waals surface area contributed by atoms with E-state index in [2.05, 4.69) is 134 Å². The van der Waals surface area contributed by atoms with Gasteiger partial charge in [0.25, 0.3) is 0 Å². The topological polar surface area (TPSA) is 36.7 Å². The van der Waals surface area contributed by atoms with Gasteiger partial charge >= 0.3 is 0 Å². The maximum Gasteiger partial charge on any atom is 0.0988 e. The Hall–Kier alpha value is -5.78. The van der Waals surface area contributed by atoms with E-state index in [1.165, 1.54) is 32.7 Å². The Morgan fingerprint density at radius 3 is 1.66 bits per heavy atom. The maximum absolute atomic E-state index is 9.27. The van der Waals surface area contributed by atoms with Gasteiger partial charge in [0.2, 0.25) is 0 Å². The molecule has 6 aromatic carbocycles. The van der Waals surface area contributed by atoms with E-state index in [1.807, 2.05) is 26.0 Å². The van der Waals surface area contributed by atoms with Crippen molar-refractivity contribution in [1.82, 2.24) is 4.98 Å². The lowest BCUT2D eigenvalue weighted by atomic mass is 9.91. The quantitative estimate of drug-likeness (QED) is 0.0905. The Balaban J connectivity index is 1.32. The van der Waals surface area contributed by atoms with Crippen molar-refractivity contribution in [3.8, 4) is 28.3 Å². The normalized spacial score (nSPS) is 12.2. The molecule has 1 heterocycles. The van der Waals surface area contributed by atoms with Crippen LogP contribution in [-0.2, 0) is 0 Å². The molecule has 0 radical (unpaired) electrons. The Bertz CT molecular complexity index is 2250. The molecule has 1 aromatic heterocycles. The van der Waals surface area contributed by atoms with E-state index in [9.17, 15) is 5.26 Å². The fourth-order valence-corrected chi connectivity index (χ4v) is 6.14. The Labute approximate surface area is 257 Å². The minimum Gasteiger partial charge on any atom is -0.246 e. The number of rotatable bonds is 5. The summed E-state index contributed by atoms with van der Waals surface area (Å²) in [5.74, 6) is 0. The summed E-state index contributed by atoms with van der Waals surface area (Å²) in [7, 11) is 0. The van der Waals surface area contributed by atoms with Crippen LogP contribution in [0.25, 0.3) is 71.2 Å². The molecule has 2 heteroatoms. The summed E-state index contributed by atoms with van der Waals surface area (Å²) in [6, 6.07) is 45.4. The average molecular weight is 563 g/mol. The smallest absolute Gasteiger partial charge is 0.0988 e. The summed E-state index contributed by atoms with van der Waals surface area (Å²) in [5.41, 5.74) is 10.3. The van der Waals surface area contributed by atoms with Gasteiger partial charge in [0.15, 0.2) is 0 Å². The number of benzene rings is 6. The van der Waals surface area contributed by atoms with E-state index >= 15 is 0 Å². The monoisotopic (exact) mass is 562 g/mol. The Kier molecular flexibility index (Phi) is 6.85. The fraction of sp³-hybridized carbons (Fsp3) is 0.0476. The van der Waals surface area contributed by atoms with E-state index in [0.717, 1.165) is 49.6 Å². The van der Waals surface area contributed by atoms with E-state index in [4.69, 9.17) is 4.98 Å². The van der Waals surface area contributed by atoms with Crippen molar-refractivity contribution in [3.63, 3.8) is 0 Å². The van der Waals surface area contributed by atoms with Crippen LogP contribution in [0.2, 0.25) is 0 Å². The molecule has 0 N–H and O–H groups in total. The van der Waals surface area contributed by atoms with Gasteiger partial charge in [-0.05, 0) is 64.1 Å². The van der Waals surface area contributed by atoms with Crippen molar-refractivity contribution < 1.29 is 0 Å². The number of nitriles is 1. The predicted molar refractivity (Wildman–Crippen MR) is 187 cm³/mol. The van der Waals surface area contributed by atoms with Crippen molar-refractivity contribution in [2.45, 2.75) is 13.8 Å². The zero-order valence-corrected chi connectivity index (χ0v) is 24.8. The molecule has 0 aliphatic carbocycles. The SMILES string of the molecule is C=C(/C(C)=C/C(C#N)=C\C)c1ccc(-c2ccc(-c3c4ccc5ccccc5c4nc4c3ccc3ccccc34)cc2)cc1. The second-order valence-electron chi connectivity index (χ2n) is 11.2. The Morgan fingerprint density at radius 2 is 1.14 bits per heavy atom. The second kappa shape index (κ2) is 11.1. The average Bonchev–Trinajstić information content (AvgIpc) is 3.09. The highest BCUT2D eigenvalue weighted by Crippen LogP contribution is 2.40. The van der Waals surface area contributed by atoms with E-state index in [-0.39, 0.29) is 0 Å². The molecule has 0 fully saturated rings. The number of hydrogen-bond donors (Lipinski definition) is 0. The maximum atomic E-state index is 9.27. The molecule has 208 valence electrons. The molecule has 7 aromatic rings. The van der Waals surface area contributed by atoms with Crippen LogP contribution in [0.5, 0.6) is 0 Å². The molecule has 0 saturated carbocycles. The molecule has 0 bridgehead atoms. The molecular formula is C42H30N2. The molecule has 2 nitrogen and oxygen atoms in total. The Morgan fingerprint density at radius 1 is 0.636 bits per heavy atom. The summed E-state index contributed by atoms with van der Waals surface area (Å²) < 4.78 is 0. The van der Waals surface area contributed by atoms with Crippen molar-refractivity contribution in [2.75, 3.05) is 0 Å². The lowest BCUT2D eigenvalue weighted by Crippen LogP contribution is -1.92. The van der Waals surface area contributed by atoms with Crippen LogP contribution in [0, 0.1) is 11.3 Å². The van der Waals surface area contributed by atoms with Crippen LogP contribution in [-0.4, -0.2) is 4.98 Å². The van der Waals surface area contributed by atoms with Gasteiger partial charge in [-0.3, -0.25) is 0 Å². The third-order valence-corrected chi connectivity index (χ3v) is 8.59. The number of pyridine rings is 1. The minimum atomic E-state index is 0.636. The highest BCUT2D eigenvalue weighted by Gasteiger charge is 2.15. The standard InChI is InChI=1S/C42H30N2/c1-4-29(26-43)25-27(2)28(3)30-13-15-31(16-14-30)32-17-19-35(20-18-32)40-38-23-21-33-9-5-7-11-36(33)41(38)44-42-37-12-8-6-10-34(37)22-24-39(40)42/h4-25H,3H2,1-2H3/b27-25+,29-4+. The molecule has 7 rings (SSSR count). The molecule has 0 aliphatic rings. The third kappa shape index (κ3) is 4.66. The molecule has 44 heavy (non-hydrogen) atoms. The number of allylic oxidation sites excluding steroid dienone is 5. The molecule has 0 aliphatic heterocycles. The van der Waals surface area contributed by atoms with Crippen molar-refractivity contribution in [1.29, 1.82) is 5.26 Å². The fourth-order valence-electron chi connectivity index (χ4n) is 6.14. The zero-order chi connectivity index (χ0) is 30.2. The first-order valence-corrected chi connectivity index (χ1v) is 14.8. The number of nitrogens with zero attached hydrogens (tertiary/aromatic N) is 2. The van der Waals surface area contributed by atoms with Gasteiger partial charge in [-0.2, -0.15) is 5.26 Å². The number of aromatic nitrogens is 1. The highest BCUT2D eigenvalue weighted by atomic mass is 14.7. The van der Waals surface area contributed by atoms with Crippen LogP contribution >= 0.6 is 0 Å². The van der Waals surface area contributed by atoms with Crippen LogP contribution < -0.4 is 0 Å². The molecular weight excluding hydrogens is 532 g/mol. The van der Waals surface area contributed by atoms with Crippen LogP contribution in [0.1, 0.15) is 19.4 Å². The first-order valence-electron chi connectivity index (χ1n) is 14.8. The summed E-state index contributed by atoms with van der Waals surface area (Å²) in [4.78, 5) is 5.32. The molecule has 0 spiro atoms. The number of fused-ring (bicyclic) bond motifs is 6. The van der Waals surface area contributed by atoms with Gasteiger partial charge in [0, 0.05) is 32.7 Å². The van der Waals surface area contributed by atoms with Crippen LogP contribution in [0.4, 0.5) is 0 Å². The minimum absolute atomic E-state index is 0.636. The zero-order valence-electron chi connectivity index (χ0n) is 24.8. The van der Waals surface area contributed by atoms with Gasteiger partial charge < -0.3 is 0 Å². The summed E-state index contributed by atoms with van der Waals surface area (Å²) in [6.45, 7) is 8.14. The molecule has 0 saturated heterocycles. The predicted octanol–water partition coefficient (Wildman–Crippen LogP) is 11.5. The van der Waals surface area contributed by atoms with Crippen molar-refractivity contribution in [3.05, 3.63) is 157 Å². The first-order chi connectivity index (χ1) is 21.6. The van der Waals surface area contributed by atoms with Gasteiger partial charge in [-0.15, -0.1) is 0 Å². The van der Waals surface area contributed by atoms with E-state index in [1.54, 1.807) is 0 Å². The highest BCUT2D eigenvalue weighted by molar-refractivity contribution is 6.21. The second-order valence-corrected chi connectivity index (χ2v) is 11.2. The van der Waals surface area contributed by atoms with Gasteiger partial charge in [0.1, 0.15) is 0 Å². The van der Waals surface area contributed by atoms with Gasteiger partial charge in [0.05, 0.1) is 17.1 Å². The van der Waals surface area contributed by atoms with Gasteiger partial charge in [-0.1, -0.05) is 134 Å². The van der Waals surface area contributed by atoms with Crippen LogP contribution in [0.3, 0.4) is 0 Å². The lowest BCUT2D eigenvalue weighted by molar-refractivity contribution is 1.44. The summed E-state index contributed by atoms with van der Waals surface area (Å²) in [5, 5.41) is 16.3. The molecule has 0 amide bonds. The van der Waals surface area contributed by atoms with Crippen LogP contribution in [0.15, 0.2) is 151 Å². The number of hydrogen-bond acceptors (Lipinski definition) is 2. The van der Waals surface area contributed by atoms with Crippen molar-refractivity contribution in [2.24, 2.45) is 0 Å². The lowest BCUT2D eigenvalue weighted by Gasteiger charge is -2.15. The molecule has 0 atom stereocenters. The first kappa shape index (κ1) is 27.1.